The Morgan fingerprint density at radius 2 is 1.72 bits per heavy atom. The van der Waals surface area contributed by atoms with Crippen molar-refractivity contribution in [3.8, 4) is 5.75 Å². The van der Waals surface area contributed by atoms with E-state index in [1.165, 1.54) is 0 Å². The first-order valence-corrected chi connectivity index (χ1v) is 5.51. The molecule has 0 aromatic heterocycles. The summed E-state index contributed by atoms with van der Waals surface area (Å²) in [4.78, 5) is 10.7. The van der Waals surface area contributed by atoms with Crippen molar-refractivity contribution in [3.05, 3.63) is 60.2 Å². The average molecular weight is 243 g/mol. The van der Waals surface area contributed by atoms with E-state index in [0.717, 1.165) is 11.4 Å². The molecule has 0 aliphatic carbocycles. The first kappa shape index (κ1) is 12.0. The Labute approximate surface area is 105 Å². The van der Waals surface area contributed by atoms with Crippen LogP contribution in [0.25, 0.3) is 0 Å². The van der Waals surface area contributed by atoms with Crippen LogP contribution in [0.4, 0.5) is 5.69 Å². The van der Waals surface area contributed by atoms with Gasteiger partial charge >= 0.3 is 5.97 Å². The van der Waals surface area contributed by atoms with Crippen LogP contribution in [0.5, 0.6) is 5.75 Å². The van der Waals surface area contributed by atoms with Gasteiger partial charge in [0.1, 0.15) is 5.75 Å². The summed E-state index contributed by atoms with van der Waals surface area (Å²) in [5, 5.41) is 11.8. The van der Waals surface area contributed by atoms with Gasteiger partial charge in [0, 0.05) is 5.69 Å². The number of hydrogen-bond donors (Lipinski definition) is 2. The van der Waals surface area contributed by atoms with Crippen LogP contribution in [0.1, 0.15) is 10.4 Å². The van der Waals surface area contributed by atoms with E-state index in [1.807, 2.05) is 30.3 Å². The monoisotopic (exact) mass is 243 g/mol. The van der Waals surface area contributed by atoms with Gasteiger partial charge < -0.3 is 15.2 Å². The summed E-state index contributed by atoms with van der Waals surface area (Å²) in [5.74, 6) is -0.144. The molecule has 0 spiro atoms. The molecule has 0 saturated carbocycles. The third-order valence-corrected chi connectivity index (χ3v) is 2.39. The fraction of sp³-hybridized carbons (Fsp3) is 0.0714. The Kier molecular flexibility index (Phi) is 3.81. The number of anilines is 1. The molecule has 2 N–H and O–H groups in total. The lowest BCUT2D eigenvalue weighted by molar-refractivity contribution is 0.0697. The molecule has 0 radical (unpaired) electrons. The first-order valence-electron chi connectivity index (χ1n) is 5.51. The van der Waals surface area contributed by atoms with Crippen LogP contribution in [-0.4, -0.2) is 17.8 Å². The topological polar surface area (TPSA) is 58.6 Å². The summed E-state index contributed by atoms with van der Waals surface area (Å²) in [6.45, 7) is 0.330. The molecule has 0 bridgehead atoms. The second-order valence-corrected chi connectivity index (χ2v) is 3.66. The van der Waals surface area contributed by atoms with E-state index in [0.29, 0.717) is 6.73 Å². The largest absolute Gasteiger partial charge is 0.478 e. The van der Waals surface area contributed by atoms with Crippen LogP contribution < -0.4 is 10.1 Å². The Morgan fingerprint density at radius 3 is 2.33 bits per heavy atom. The van der Waals surface area contributed by atoms with Crippen molar-refractivity contribution in [2.75, 3.05) is 12.0 Å². The zero-order valence-electron chi connectivity index (χ0n) is 9.67. The number of benzene rings is 2. The van der Waals surface area contributed by atoms with Crippen LogP contribution in [0.15, 0.2) is 54.6 Å². The van der Waals surface area contributed by atoms with Gasteiger partial charge in [-0.3, -0.25) is 0 Å². The highest BCUT2D eigenvalue weighted by Crippen LogP contribution is 2.11. The molecule has 0 aliphatic rings. The number of carbonyl (C=O) groups is 1. The minimum Gasteiger partial charge on any atom is -0.478 e. The van der Waals surface area contributed by atoms with Crippen molar-refractivity contribution < 1.29 is 14.6 Å². The molecule has 0 fully saturated rings. The van der Waals surface area contributed by atoms with Crippen LogP contribution in [0.3, 0.4) is 0 Å². The molecule has 0 atom stereocenters. The van der Waals surface area contributed by atoms with Gasteiger partial charge in [0.05, 0.1) is 5.56 Å². The fourth-order valence-electron chi connectivity index (χ4n) is 1.45. The van der Waals surface area contributed by atoms with Gasteiger partial charge in [0.25, 0.3) is 0 Å². The molecule has 92 valence electrons. The molecular formula is C14H13NO3. The lowest BCUT2D eigenvalue weighted by Gasteiger charge is -2.08. The highest BCUT2D eigenvalue weighted by Gasteiger charge is 2.01. The molecule has 2 aromatic rings. The van der Waals surface area contributed by atoms with Gasteiger partial charge in [0.2, 0.25) is 0 Å². The summed E-state index contributed by atoms with van der Waals surface area (Å²) in [6.07, 6.45) is 0. The van der Waals surface area contributed by atoms with Crippen molar-refractivity contribution >= 4 is 11.7 Å². The normalized spacial score (nSPS) is 9.78. The van der Waals surface area contributed by atoms with Gasteiger partial charge in [-0.25, -0.2) is 4.79 Å². The highest BCUT2D eigenvalue weighted by molar-refractivity contribution is 5.87. The smallest absolute Gasteiger partial charge is 0.335 e. The summed E-state index contributed by atoms with van der Waals surface area (Å²) in [7, 11) is 0. The van der Waals surface area contributed by atoms with E-state index < -0.39 is 5.97 Å². The summed E-state index contributed by atoms with van der Waals surface area (Å²) < 4.78 is 5.46. The minimum atomic E-state index is -0.929. The molecule has 18 heavy (non-hydrogen) atoms. The van der Waals surface area contributed by atoms with Crippen molar-refractivity contribution in [1.29, 1.82) is 0 Å². The molecule has 4 nitrogen and oxygen atoms in total. The van der Waals surface area contributed by atoms with E-state index in [9.17, 15) is 4.79 Å². The number of hydrogen-bond acceptors (Lipinski definition) is 3. The number of nitrogens with one attached hydrogen (secondary N) is 1. The Bertz CT molecular complexity index is 508. The zero-order valence-corrected chi connectivity index (χ0v) is 9.67. The lowest BCUT2D eigenvalue weighted by Crippen LogP contribution is -2.08. The van der Waals surface area contributed by atoms with Crippen molar-refractivity contribution in [3.63, 3.8) is 0 Å². The maximum Gasteiger partial charge on any atom is 0.335 e. The molecular weight excluding hydrogens is 230 g/mol. The molecule has 0 unspecified atom stereocenters. The molecule has 4 heteroatoms. The van der Waals surface area contributed by atoms with E-state index in [-0.39, 0.29) is 5.56 Å². The Hall–Kier alpha value is -2.49. The van der Waals surface area contributed by atoms with E-state index in [4.69, 9.17) is 9.84 Å². The fourth-order valence-corrected chi connectivity index (χ4v) is 1.45. The second-order valence-electron chi connectivity index (χ2n) is 3.66. The Morgan fingerprint density at radius 1 is 1.06 bits per heavy atom. The molecule has 0 amide bonds. The van der Waals surface area contributed by atoms with Crippen LogP contribution >= 0.6 is 0 Å². The van der Waals surface area contributed by atoms with E-state index >= 15 is 0 Å². The minimum absolute atomic E-state index is 0.268. The first-order chi connectivity index (χ1) is 8.75. The number of carboxylic acids is 1. The predicted molar refractivity (Wildman–Crippen MR) is 69.0 cm³/mol. The zero-order chi connectivity index (χ0) is 12.8. The molecule has 2 aromatic carbocycles. The number of para-hydroxylation sites is 1. The van der Waals surface area contributed by atoms with Crippen molar-refractivity contribution in [1.82, 2.24) is 0 Å². The summed E-state index contributed by atoms with van der Waals surface area (Å²) in [5.41, 5.74) is 1.08. The number of aromatic carboxylic acids is 1. The molecule has 0 aliphatic heterocycles. The molecule has 2 rings (SSSR count). The second kappa shape index (κ2) is 5.72. The van der Waals surface area contributed by atoms with Crippen LogP contribution in [-0.2, 0) is 0 Å². The molecule has 0 saturated heterocycles. The lowest BCUT2D eigenvalue weighted by atomic mass is 10.2. The maximum absolute atomic E-state index is 10.7. The third kappa shape index (κ3) is 3.25. The summed E-state index contributed by atoms with van der Waals surface area (Å²) >= 11 is 0. The average Bonchev–Trinajstić information content (AvgIpc) is 2.40. The predicted octanol–water partition coefficient (Wildman–Crippen LogP) is 2.83. The number of carboxylic acid groups (broad SMARTS) is 1. The van der Waals surface area contributed by atoms with E-state index in [1.54, 1.807) is 24.3 Å². The van der Waals surface area contributed by atoms with Crippen molar-refractivity contribution in [2.24, 2.45) is 0 Å². The third-order valence-electron chi connectivity index (χ3n) is 2.39. The highest BCUT2D eigenvalue weighted by atomic mass is 16.5. The van der Waals surface area contributed by atoms with Gasteiger partial charge in [-0.05, 0) is 36.4 Å². The molecule has 0 heterocycles. The number of ether oxygens (including phenoxy) is 1. The van der Waals surface area contributed by atoms with Crippen molar-refractivity contribution in [2.45, 2.75) is 0 Å². The SMILES string of the molecule is O=C(O)c1ccc(NCOc2ccccc2)cc1. The Balaban J connectivity index is 1.85. The van der Waals surface area contributed by atoms with Gasteiger partial charge in [-0.15, -0.1) is 0 Å². The maximum atomic E-state index is 10.7. The van der Waals surface area contributed by atoms with Crippen LogP contribution in [0, 0.1) is 0 Å². The van der Waals surface area contributed by atoms with Gasteiger partial charge in [-0.1, -0.05) is 18.2 Å². The van der Waals surface area contributed by atoms with Gasteiger partial charge in [-0.2, -0.15) is 0 Å². The number of rotatable bonds is 5. The van der Waals surface area contributed by atoms with Crippen LogP contribution in [0.2, 0.25) is 0 Å². The standard InChI is InChI=1S/C14H13NO3/c16-14(17)11-6-8-12(9-7-11)15-10-18-13-4-2-1-3-5-13/h1-9,15H,10H2,(H,16,17). The van der Waals surface area contributed by atoms with Gasteiger partial charge in [0.15, 0.2) is 6.73 Å². The van der Waals surface area contributed by atoms with E-state index in [2.05, 4.69) is 5.32 Å². The quantitative estimate of drug-likeness (QED) is 0.793. The summed E-state index contributed by atoms with van der Waals surface area (Å²) in [6, 6.07) is 16.0.